The Hall–Kier alpha value is -3.95. The Morgan fingerprint density at radius 2 is 1.44 bits per heavy atom. The first-order valence-corrected chi connectivity index (χ1v) is 12.5. The SMILES string of the molecule is NCCCCC(N)C(=O)NC(CO)C(=O)NC(CCCN=C(N)N)C(=O)NC(Cc1ccc(O)cc1)C(=O)O. The zero-order valence-corrected chi connectivity index (χ0v) is 21.7. The van der Waals surface area contributed by atoms with Crippen LogP contribution in [0.5, 0.6) is 5.75 Å². The topological polar surface area (TPSA) is 282 Å². The smallest absolute Gasteiger partial charge is 0.326 e. The Morgan fingerprint density at radius 3 is 2.00 bits per heavy atom. The number of aliphatic imine (C=N–C) groups is 1. The highest BCUT2D eigenvalue weighted by Gasteiger charge is 2.30. The van der Waals surface area contributed by atoms with Crippen molar-refractivity contribution in [2.24, 2.45) is 27.9 Å². The molecule has 0 spiro atoms. The minimum atomic E-state index is -1.40. The molecular formula is C24H40N8O7. The molecule has 0 aromatic heterocycles. The predicted molar refractivity (Wildman–Crippen MR) is 143 cm³/mol. The Bertz CT molecular complexity index is 970. The number of carbonyl (C=O) groups is 4. The minimum absolute atomic E-state index is 0.000237. The molecular weight excluding hydrogens is 512 g/mol. The third-order valence-electron chi connectivity index (χ3n) is 5.69. The molecule has 39 heavy (non-hydrogen) atoms. The summed E-state index contributed by atoms with van der Waals surface area (Å²) in [7, 11) is 0. The van der Waals surface area contributed by atoms with Crippen LogP contribution < -0.4 is 38.9 Å². The van der Waals surface area contributed by atoms with E-state index in [1.807, 2.05) is 0 Å². The van der Waals surface area contributed by atoms with Crippen molar-refractivity contribution in [1.29, 1.82) is 0 Å². The Kier molecular flexibility index (Phi) is 14.9. The second-order valence-corrected chi connectivity index (χ2v) is 8.91. The molecule has 14 N–H and O–H groups in total. The van der Waals surface area contributed by atoms with Crippen LogP contribution in [-0.4, -0.2) is 88.8 Å². The first kappa shape index (κ1) is 33.1. The summed E-state index contributed by atoms with van der Waals surface area (Å²) in [5.74, 6) is -3.81. The van der Waals surface area contributed by atoms with Gasteiger partial charge in [-0.1, -0.05) is 18.6 Å². The largest absolute Gasteiger partial charge is 0.508 e. The van der Waals surface area contributed by atoms with Gasteiger partial charge in [-0.3, -0.25) is 19.4 Å². The van der Waals surface area contributed by atoms with Crippen molar-refractivity contribution in [1.82, 2.24) is 16.0 Å². The number of carboxylic acids is 1. The number of benzene rings is 1. The van der Waals surface area contributed by atoms with Crippen molar-refractivity contribution in [3.8, 4) is 5.75 Å². The zero-order chi connectivity index (χ0) is 29.4. The molecule has 15 heteroatoms. The van der Waals surface area contributed by atoms with Gasteiger partial charge in [0, 0.05) is 13.0 Å². The molecule has 0 fully saturated rings. The highest BCUT2D eigenvalue weighted by atomic mass is 16.4. The lowest BCUT2D eigenvalue weighted by Crippen LogP contribution is -2.58. The van der Waals surface area contributed by atoms with Crippen LogP contribution in [0.15, 0.2) is 29.3 Å². The number of unbranched alkanes of at least 4 members (excludes halogenated alkanes) is 1. The molecule has 0 heterocycles. The molecule has 0 saturated heterocycles. The van der Waals surface area contributed by atoms with Crippen LogP contribution in [0.4, 0.5) is 0 Å². The second-order valence-electron chi connectivity index (χ2n) is 8.91. The van der Waals surface area contributed by atoms with Crippen LogP contribution in [0.2, 0.25) is 0 Å². The number of aliphatic carboxylic acids is 1. The van der Waals surface area contributed by atoms with E-state index in [9.17, 15) is 34.5 Å². The molecule has 0 radical (unpaired) electrons. The normalized spacial score (nSPS) is 13.8. The molecule has 4 atom stereocenters. The van der Waals surface area contributed by atoms with E-state index in [1.165, 1.54) is 24.3 Å². The van der Waals surface area contributed by atoms with E-state index in [-0.39, 0.29) is 37.5 Å². The molecule has 1 aromatic rings. The third-order valence-corrected chi connectivity index (χ3v) is 5.69. The van der Waals surface area contributed by atoms with Crippen molar-refractivity contribution in [3.05, 3.63) is 29.8 Å². The van der Waals surface area contributed by atoms with Crippen molar-refractivity contribution in [3.63, 3.8) is 0 Å². The molecule has 15 nitrogen and oxygen atoms in total. The van der Waals surface area contributed by atoms with Gasteiger partial charge in [-0.25, -0.2) is 4.79 Å². The maximum absolute atomic E-state index is 13.1. The van der Waals surface area contributed by atoms with Crippen LogP contribution in [0.3, 0.4) is 0 Å². The standard InChI is InChI=1S/C24H40N8O7/c25-10-2-1-4-16(26)20(35)32-19(13-33)22(37)30-17(5-3-11-29-24(27)28)21(36)31-18(23(38)39)12-14-6-8-15(34)9-7-14/h6-9,16-19,33-34H,1-5,10-13,25-26H2,(H,30,37)(H,31,36)(H,32,35)(H,38,39)(H4,27,28,29). The number of guanidine groups is 1. The maximum atomic E-state index is 13.1. The number of carbonyl (C=O) groups excluding carboxylic acids is 3. The van der Waals surface area contributed by atoms with E-state index in [2.05, 4.69) is 20.9 Å². The number of aliphatic hydroxyl groups excluding tert-OH is 1. The fourth-order valence-corrected chi connectivity index (χ4v) is 3.50. The number of phenolic OH excluding ortho intramolecular Hbond substituents is 1. The molecule has 0 aliphatic carbocycles. The lowest BCUT2D eigenvalue weighted by atomic mass is 10.0. The summed E-state index contributed by atoms with van der Waals surface area (Å²) in [6, 6.07) is 0.887. The first-order chi connectivity index (χ1) is 18.5. The summed E-state index contributed by atoms with van der Waals surface area (Å²) < 4.78 is 0. The van der Waals surface area contributed by atoms with Crippen LogP contribution in [0.1, 0.15) is 37.7 Å². The monoisotopic (exact) mass is 552 g/mol. The molecule has 1 aromatic carbocycles. The number of hydrogen-bond donors (Lipinski definition) is 10. The number of nitrogens with zero attached hydrogens (tertiary/aromatic N) is 1. The van der Waals surface area contributed by atoms with E-state index < -0.39 is 54.5 Å². The summed E-state index contributed by atoms with van der Waals surface area (Å²) in [4.78, 5) is 53.9. The van der Waals surface area contributed by atoms with Crippen molar-refractivity contribution in [2.75, 3.05) is 19.7 Å². The lowest BCUT2D eigenvalue weighted by Gasteiger charge is -2.24. The molecule has 0 aliphatic rings. The summed E-state index contributed by atoms with van der Waals surface area (Å²) in [6.07, 6.45) is 1.78. The van der Waals surface area contributed by atoms with E-state index in [4.69, 9.17) is 22.9 Å². The number of amides is 3. The van der Waals surface area contributed by atoms with Gasteiger partial charge >= 0.3 is 5.97 Å². The van der Waals surface area contributed by atoms with Gasteiger partial charge in [0.15, 0.2) is 5.96 Å². The van der Waals surface area contributed by atoms with Gasteiger partial charge in [-0.05, 0) is 49.9 Å². The number of rotatable bonds is 18. The van der Waals surface area contributed by atoms with Gasteiger partial charge in [0.05, 0.1) is 12.6 Å². The van der Waals surface area contributed by atoms with Crippen LogP contribution in [0, 0.1) is 0 Å². The first-order valence-electron chi connectivity index (χ1n) is 12.5. The molecule has 1 rings (SSSR count). The molecule has 0 saturated carbocycles. The van der Waals surface area contributed by atoms with E-state index in [0.717, 1.165) is 0 Å². The zero-order valence-electron chi connectivity index (χ0n) is 21.7. The Labute approximate surface area is 226 Å². The van der Waals surface area contributed by atoms with Crippen molar-refractivity contribution in [2.45, 2.75) is 62.7 Å². The minimum Gasteiger partial charge on any atom is -0.508 e. The fraction of sp³-hybridized carbons (Fsp3) is 0.542. The number of hydrogen-bond acceptors (Lipinski definition) is 9. The fourth-order valence-electron chi connectivity index (χ4n) is 3.50. The maximum Gasteiger partial charge on any atom is 0.326 e. The van der Waals surface area contributed by atoms with E-state index in [0.29, 0.717) is 31.4 Å². The number of nitrogens with two attached hydrogens (primary N) is 4. The van der Waals surface area contributed by atoms with Crippen LogP contribution >= 0.6 is 0 Å². The van der Waals surface area contributed by atoms with Gasteiger partial charge in [0.2, 0.25) is 17.7 Å². The van der Waals surface area contributed by atoms with Gasteiger partial charge < -0.3 is 54.2 Å². The highest BCUT2D eigenvalue weighted by Crippen LogP contribution is 2.12. The van der Waals surface area contributed by atoms with Crippen molar-refractivity contribution < 1.29 is 34.5 Å². The average molecular weight is 553 g/mol. The van der Waals surface area contributed by atoms with Gasteiger partial charge in [-0.2, -0.15) is 0 Å². The van der Waals surface area contributed by atoms with Gasteiger partial charge in [0.1, 0.15) is 23.9 Å². The second kappa shape index (κ2) is 17.5. The lowest BCUT2D eigenvalue weighted by molar-refractivity contribution is -0.142. The average Bonchev–Trinajstić information content (AvgIpc) is 2.89. The number of nitrogens with one attached hydrogen (secondary N) is 3. The molecule has 3 amide bonds. The van der Waals surface area contributed by atoms with Crippen molar-refractivity contribution >= 4 is 29.7 Å². The molecule has 0 bridgehead atoms. The summed E-state index contributed by atoms with van der Waals surface area (Å²) in [6.45, 7) is -0.190. The number of phenols is 1. The number of aliphatic hydroxyl groups is 1. The Balaban J connectivity index is 2.95. The van der Waals surface area contributed by atoms with Gasteiger partial charge in [0.25, 0.3) is 0 Å². The van der Waals surface area contributed by atoms with Gasteiger partial charge in [-0.15, -0.1) is 0 Å². The summed E-state index contributed by atoms with van der Waals surface area (Å²) in [5.41, 5.74) is 22.4. The molecule has 0 aliphatic heterocycles. The summed E-state index contributed by atoms with van der Waals surface area (Å²) >= 11 is 0. The van der Waals surface area contributed by atoms with E-state index >= 15 is 0 Å². The third kappa shape index (κ3) is 12.9. The van der Waals surface area contributed by atoms with Crippen LogP contribution in [0.25, 0.3) is 0 Å². The highest BCUT2D eigenvalue weighted by molar-refractivity contribution is 5.94. The van der Waals surface area contributed by atoms with Crippen LogP contribution in [-0.2, 0) is 25.6 Å². The number of carboxylic acid groups (broad SMARTS) is 1. The Morgan fingerprint density at radius 1 is 0.846 bits per heavy atom. The molecule has 4 unspecified atom stereocenters. The summed E-state index contributed by atoms with van der Waals surface area (Å²) in [5, 5.41) is 36.0. The molecule has 218 valence electrons. The predicted octanol–water partition coefficient (Wildman–Crippen LogP) is -3.02. The van der Waals surface area contributed by atoms with E-state index in [1.54, 1.807) is 0 Å². The number of aromatic hydroxyl groups is 1. The quantitative estimate of drug-likeness (QED) is 0.0496.